The smallest absolute Gasteiger partial charge is 0.251 e. The van der Waals surface area contributed by atoms with Crippen LogP contribution in [0.25, 0.3) is 0 Å². The van der Waals surface area contributed by atoms with E-state index >= 15 is 0 Å². The molecule has 0 atom stereocenters. The van der Waals surface area contributed by atoms with Gasteiger partial charge in [-0.1, -0.05) is 6.07 Å². The van der Waals surface area contributed by atoms with E-state index in [-0.39, 0.29) is 5.91 Å². The predicted octanol–water partition coefficient (Wildman–Crippen LogP) is 2.92. The first-order chi connectivity index (χ1) is 9.08. The molecule has 1 aromatic carbocycles. The molecule has 0 radical (unpaired) electrons. The van der Waals surface area contributed by atoms with E-state index in [2.05, 4.69) is 22.9 Å². The number of nitrogens with zero attached hydrogens (tertiary/aromatic N) is 1. The van der Waals surface area contributed by atoms with Crippen LogP contribution in [0.4, 0.5) is 0 Å². The number of aryl methyl sites for hydroxylation is 2. The highest BCUT2D eigenvalue weighted by Crippen LogP contribution is 2.14. The number of benzene rings is 1. The molecule has 1 amide bonds. The lowest BCUT2D eigenvalue weighted by Crippen LogP contribution is -2.24. The number of rotatable bonds is 3. The molecule has 2 rings (SSSR count). The van der Waals surface area contributed by atoms with Gasteiger partial charge in [-0.15, -0.1) is 12.6 Å². The predicted molar refractivity (Wildman–Crippen MR) is 78.6 cm³/mol. The summed E-state index contributed by atoms with van der Waals surface area (Å²) in [7, 11) is 0. The number of aromatic nitrogens is 1. The Kier molecular flexibility index (Phi) is 4.22. The molecule has 3 nitrogen and oxygen atoms in total. The highest BCUT2D eigenvalue weighted by molar-refractivity contribution is 7.80. The fourth-order valence-corrected chi connectivity index (χ4v) is 2.03. The Morgan fingerprint density at radius 3 is 2.79 bits per heavy atom. The van der Waals surface area contributed by atoms with Crippen molar-refractivity contribution >= 4 is 18.5 Å². The molecule has 0 spiro atoms. The van der Waals surface area contributed by atoms with Crippen LogP contribution in [0.1, 0.15) is 27.0 Å². The summed E-state index contributed by atoms with van der Waals surface area (Å²) in [5, 5.41) is 2.92. The molecule has 0 saturated heterocycles. The second kappa shape index (κ2) is 5.89. The van der Waals surface area contributed by atoms with Gasteiger partial charge in [0.25, 0.3) is 5.91 Å². The topological polar surface area (TPSA) is 42.0 Å². The average molecular weight is 272 g/mol. The molecule has 0 aliphatic rings. The lowest BCUT2D eigenvalue weighted by molar-refractivity contribution is 0.0950. The minimum Gasteiger partial charge on any atom is -0.348 e. The maximum Gasteiger partial charge on any atom is 0.251 e. The number of carbonyl (C=O) groups excluding carboxylic acids is 1. The Labute approximate surface area is 118 Å². The van der Waals surface area contributed by atoms with E-state index in [1.54, 1.807) is 18.5 Å². The zero-order valence-corrected chi connectivity index (χ0v) is 11.9. The molecule has 0 saturated carbocycles. The van der Waals surface area contributed by atoms with Crippen molar-refractivity contribution in [1.82, 2.24) is 10.3 Å². The molecule has 19 heavy (non-hydrogen) atoms. The number of thiol groups is 1. The highest BCUT2D eigenvalue weighted by atomic mass is 32.1. The van der Waals surface area contributed by atoms with Crippen molar-refractivity contribution in [3.8, 4) is 0 Å². The summed E-state index contributed by atoms with van der Waals surface area (Å²) in [6.07, 6.45) is 3.52. The van der Waals surface area contributed by atoms with Gasteiger partial charge in [0.15, 0.2) is 0 Å². The maximum absolute atomic E-state index is 12.1. The van der Waals surface area contributed by atoms with Crippen LogP contribution in [0.5, 0.6) is 0 Å². The van der Waals surface area contributed by atoms with Crippen molar-refractivity contribution in [2.24, 2.45) is 0 Å². The van der Waals surface area contributed by atoms with Gasteiger partial charge in [-0.2, -0.15) is 0 Å². The van der Waals surface area contributed by atoms with Gasteiger partial charge in [-0.3, -0.25) is 9.78 Å². The van der Waals surface area contributed by atoms with Gasteiger partial charge in [0.2, 0.25) is 0 Å². The van der Waals surface area contributed by atoms with E-state index in [1.807, 2.05) is 32.0 Å². The zero-order chi connectivity index (χ0) is 13.8. The number of carbonyl (C=O) groups is 1. The molecule has 4 heteroatoms. The van der Waals surface area contributed by atoms with Crippen LogP contribution in [0.2, 0.25) is 0 Å². The summed E-state index contributed by atoms with van der Waals surface area (Å²) in [5.41, 5.74) is 3.76. The molecule has 0 aliphatic heterocycles. The summed E-state index contributed by atoms with van der Waals surface area (Å²) in [4.78, 5) is 17.0. The standard InChI is InChI=1S/C15H16N2OS/c1-10-3-4-13(19)7-14(10)15(18)17-9-12-5-6-16-8-11(12)2/h3-8,19H,9H2,1-2H3,(H,17,18). The monoisotopic (exact) mass is 272 g/mol. The summed E-state index contributed by atoms with van der Waals surface area (Å²) < 4.78 is 0. The molecule has 0 aliphatic carbocycles. The van der Waals surface area contributed by atoms with Crippen LogP contribution in [0.3, 0.4) is 0 Å². The zero-order valence-electron chi connectivity index (χ0n) is 11.0. The van der Waals surface area contributed by atoms with E-state index < -0.39 is 0 Å². The Morgan fingerprint density at radius 2 is 2.05 bits per heavy atom. The maximum atomic E-state index is 12.1. The quantitative estimate of drug-likeness (QED) is 0.844. The van der Waals surface area contributed by atoms with Gasteiger partial charge in [0.1, 0.15) is 0 Å². The lowest BCUT2D eigenvalue weighted by atomic mass is 10.1. The molecule has 98 valence electrons. The van der Waals surface area contributed by atoms with Crippen molar-refractivity contribution in [1.29, 1.82) is 0 Å². The number of pyridine rings is 1. The van der Waals surface area contributed by atoms with Gasteiger partial charge in [-0.25, -0.2) is 0 Å². The SMILES string of the molecule is Cc1cnccc1CNC(=O)c1cc(S)ccc1C. The fourth-order valence-electron chi connectivity index (χ4n) is 1.83. The molecule has 0 bridgehead atoms. The van der Waals surface area contributed by atoms with E-state index in [0.717, 1.165) is 21.6 Å². The van der Waals surface area contributed by atoms with Crippen molar-refractivity contribution < 1.29 is 4.79 Å². The van der Waals surface area contributed by atoms with Gasteiger partial charge in [0.05, 0.1) is 0 Å². The van der Waals surface area contributed by atoms with Crippen molar-refractivity contribution in [2.75, 3.05) is 0 Å². The third-order valence-electron chi connectivity index (χ3n) is 3.04. The first-order valence-electron chi connectivity index (χ1n) is 6.05. The molecule has 1 aromatic heterocycles. The molecule has 1 N–H and O–H groups in total. The first kappa shape index (κ1) is 13.6. The van der Waals surface area contributed by atoms with Crippen LogP contribution >= 0.6 is 12.6 Å². The van der Waals surface area contributed by atoms with E-state index in [4.69, 9.17) is 0 Å². The van der Waals surface area contributed by atoms with Gasteiger partial charge < -0.3 is 5.32 Å². The number of hydrogen-bond acceptors (Lipinski definition) is 3. The Bertz CT molecular complexity index is 611. The van der Waals surface area contributed by atoms with Gasteiger partial charge >= 0.3 is 0 Å². The average Bonchev–Trinajstić information content (AvgIpc) is 2.40. The largest absolute Gasteiger partial charge is 0.348 e. The summed E-state index contributed by atoms with van der Waals surface area (Å²) in [6, 6.07) is 7.47. The van der Waals surface area contributed by atoms with E-state index in [9.17, 15) is 4.79 Å². The lowest BCUT2D eigenvalue weighted by Gasteiger charge is -2.09. The number of amides is 1. The van der Waals surface area contributed by atoms with Gasteiger partial charge in [-0.05, 0) is 48.7 Å². The Balaban J connectivity index is 2.10. The van der Waals surface area contributed by atoms with E-state index in [0.29, 0.717) is 12.1 Å². The molecule has 1 heterocycles. The molecular weight excluding hydrogens is 256 g/mol. The Morgan fingerprint density at radius 1 is 1.26 bits per heavy atom. The van der Waals surface area contributed by atoms with Crippen LogP contribution in [-0.4, -0.2) is 10.9 Å². The molecule has 2 aromatic rings. The summed E-state index contributed by atoms with van der Waals surface area (Å²) in [5.74, 6) is -0.0791. The van der Waals surface area contributed by atoms with Crippen LogP contribution in [0.15, 0.2) is 41.6 Å². The molecule has 0 unspecified atom stereocenters. The highest BCUT2D eigenvalue weighted by Gasteiger charge is 2.09. The number of nitrogens with one attached hydrogen (secondary N) is 1. The normalized spacial score (nSPS) is 10.3. The van der Waals surface area contributed by atoms with Gasteiger partial charge in [0, 0.05) is 29.4 Å². The number of hydrogen-bond donors (Lipinski definition) is 2. The van der Waals surface area contributed by atoms with E-state index in [1.165, 1.54) is 0 Å². The fraction of sp³-hybridized carbons (Fsp3) is 0.200. The molecule has 0 fully saturated rings. The van der Waals surface area contributed by atoms with Crippen molar-refractivity contribution in [3.05, 3.63) is 58.9 Å². The van der Waals surface area contributed by atoms with Crippen LogP contribution in [0, 0.1) is 13.8 Å². The molecular formula is C15H16N2OS. The van der Waals surface area contributed by atoms with Crippen molar-refractivity contribution in [2.45, 2.75) is 25.3 Å². The second-order valence-corrected chi connectivity index (χ2v) is 5.00. The first-order valence-corrected chi connectivity index (χ1v) is 6.50. The third kappa shape index (κ3) is 3.35. The van der Waals surface area contributed by atoms with Crippen LogP contribution < -0.4 is 5.32 Å². The minimum atomic E-state index is -0.0791. The second-order valence-electron chi connectivity index (χ2n) is 4.48. The summed E-state index contributed by atoms with van der Waals surface area (Å²) >= 11 is 4.26. The van der Waals surface area contributed by atoms with Crippen LogP contribution in [-0.2, 0) is 6.54 Å². The third-order valence-corrected chi connectivity index (χ3v) is 3.32. The Hall–Kier alpha value is -1.81. The summed E-state index contributed by atoms with van der Waals surface area (Å²) in [6.45, 7) is 4.40. The van der Waals surface area contributed by atoms with Crippen molar-refractivity contribution in [3.63, 3.8) is 0 Å². The minimum absolute atomic E-state index is 0.0791.